The van der Waals surface area contributed by atoms with Crippen molar-refractivity contribution < 1.29 is 9.90 Å². The number of hydrogen-bond acceptors (Lipinski definition) is 3. The van der Waals surface area contributed by atoms with E-state index < -0.39 is 5.60 Å². The van der Waals surface area contributed by atoms with E-state index in [0.717, 1.165) is 12.2 Å². The number of thioether (sulfide) groups is 1. The molecule has 1 aromatic rings. The van der Waals surface area contributed by atoms with Gasteiger partial charge in [-0.1, -0.05) is 11.6 Å². The van der Waals surface area contributed by atoms with Gasteiger partial charge in [-0.05, 0) is 18.2 Å². The van der Waals surface area contributed by atoms with Crippen LogP contribution in [0.4, 0.5) is 0 Å². The first-order valence-electron chi connectivity index (χ1n) is 5.01. The van der Waals surface area contributed by atoms with Crippen LogP contribution in [0, 0.1) is 0 Å². The number of carbonyl (C=O) groups excluding carboxylic acids is 1. The topological polar surface area (TPSA) is 65.1 Å². The molecule has 4 nitrogen and oxygen atoms in total. The molecule has 0 aromatic carbocycles. The minimum absolute atomic E-state index is 0.239. The molecule has 0 bridgehead atoms. The summed E-state index contributed by atoms with van der Waals surface area (Å²) in [5.74, 6) is 1.39. The van der Waals surface area contributed by atoms with Gasteiger partial charge in [-0.15, -0.1) is 0 Å². The first-order chi connectivity index (χ1) is 7.59. The maximum absolute atomic E-state index is 11.6. The average molecular weight is 261 g/mol. The predicted octanol–water partition coefficient (Wildman–Crippen LogP) is 1.27. The summed E-state index contributed by atoms with van der Waals surface area (Å²) >= 11 is 7.40. The summed E-state index contributed by atoms with van der Waals surface area (Å²) in [5.41, 5.74) is -0.337. The lowest BCUT2D eigenvalue weighted by Crippen LogP contribution is -2.43. The highest BCUT2D eigenvalue weighted by molar-refractivity contribution is 7.99. The highest BCUT2D eigenvalue weighted by atomic mass is 35.5. The first-order valence-corrected chi connectivity index (χ1v) is 6.55. The minimum atomic E-state index is -0.753. The molecule has 1 aliphatic heterocycles. The van der Waals surface area contributed by atoms with Crippen molar-refractivity contribution in [1.29, 1.82) is 0 Å². The Labute approximate surface area is 103 Å². The summed E-state index contributed by atoms with van der Waals surface area (Å²) in [4.78, 5) is 14.4. The number of aliphatic hydroxyl groups is 1. The molecule has 1 saturated heterocycles. The van der Waals surface area contributed by atoms with Crippen molar-refractivity contribution in [2.24, 2.45) is 0 Å². The summed E-state index contributed by atoms with van der Waals surface area (Å²) in [6.45, 7) is 0.287. The molecule has 0 aliphatic carbocycles. The Hall–Kier alpha value is -0.650. The molecule has 1 atom stereocenters. The second kappa shape index (κ2) is 4.69. The second-order valence-electron chi connectivity index (χ2n) is 3.94. The number of hydrogen-bond donors (Lipinski definition) is 3. The van der Waals surface area contributed by atoms with Gasteiger partial charge in [-0.3, -0.25) is 4.79 Å². The zero-order chi connectivity index (χ0) is 11.6. The van der Waals surface area contributed by atoms with Crippen LogP contribution in [0.1, 0.15) is 16.9 Å². The number of aromatic amines is 1. The third-order valence-electron chi connectivity index (χ3n) is 2.55. The van der Waals surface area contributed by atoms with Crippen molar-refractivity contribution >= 4 is 29.3 Å². The predicted molar refractivity (Wildman–Crippen MR) is 65.0 cm³/mol. The van der Waals surface area contributed by atoms with Crippen molar-refractivity contribution in [3.63, 3.8) is 0 Å². The van der Waals surface area contributed by atoms with Crippen molar-refractivity contribution in [1.82, 2.24) is 10.3 Å². The normalized spacial score (nSPS) is 24.6. The maximum Gasteiger partial charge on any atom is 0.267 e. The standard InChI is InChI=1S/C10H13ClN2O2S/c11-7-3-8(12-4-7)9(14)13-5-10(15)1-2-16-6-10/h3-4,12,15H,1-2,5-6H2,(H,13,14). The van der Waals surface area contributed by atoms with Gasteiger partial charge in [-0.25, -0.2) is 0 Å². The van der Waals surface area contributed by atoms with Crippen LogP contribution in [0.2, 0.25) is 5.02 Å². The van der Waals surface area contributed by atoms with E-state index in [-0.39, 0.29) is 12.5 Å². The van der Waals surface area contributed by atoms with E-state index in [1.54, 1.807) is 24.0 Å². The van der Waals surface area contributed by atoms with Crippen LogP contribution in [-0.4, -0.2) is 39.6 Å². The third-order valence-corrected chi connectivity index (χ3v) is 4.01. The van der Waals surface area contributed by atoms with Crippen LogP contribution in [0.5, 0.6) is 0 Å². The summed E-state index contributed by atoms with van der Waals surface area (Å²) in [6.07, 6.45) is 2.28. The minimum Gasteiger partial charge on any atom is -0.387 e. The lowest BCUT2D eigenvalue weighted by molar-refractivity contribution is 0.0611. The Morgan fingerprint density at radius 3 is 3.12 bits per heavy atom. The van der Waals surface area contributed by atoms with E-state index in [4.69, 9.17) is 11.6 Å². The molecular formula is C10H13ClN2O2S. The van der Waals surface area contributed by atoms with Gasteiger partial charge >= 0.3 is 0 Å². The van der Waals surface area contributed by atoms with E-state index in [9.17, 15) is 9.90 Å². The highest BCUT2D eigenvalue weighted by Gasteiger charge is 2.32. The Balaban J connectivity index is 1.88. The molecule has 3 N–H and O–H groups in total. The molecule has 2 rings (SSSR count). The molecule has 1 aliphatic rings. The fraction of sp³-hybridized carbons (Fsp3) is 0.500. The molecule has 16 heavy (non-hydrogen) atoms. The highest BCUT2D eigenvalue weighted by Crippen LogP contribution is 2.27. The lowest BCUT2D eigenvalue weighted by Gasteiger charge is -2.21. The van der Waals surface area contributed by atoms with Crippen LogP contribution in [-0.2, 0) is 0 Å². The lowest BCUT2D eigenvalue weighted by atomic mass is 10.0. The SMILES string of the molecule is O=C(NCC1(O)CCSC1)c1cc(Cl)c[nH]1. The monoisotopic (exact) mass is 260 g/mol. The smallest absolute Gasteiger partial charge is 0.267 e. The van der Waals surface area contributed by atoms with Gasteiger partial charge in [-0.2, -0.15) is 11.8 Å². The molecule has 1 unspecified atom stereocenters. The van der Waals surface area contributed by atoms with Crippen molar-refractivity contribution in [3.8, 4) is 0 Å². The number of carbonyl (C=O) groups is 1. The number of nitrogens with one attached hydrogen (secondary N) is 2. The van der Waals surface area contributed by atoms with Gasteiger partial charge in [0.2, 0.25) is 0 Å². The molecule has 2 heterocycles. The Bertz CT molecular complexity index is 388. The largest absolute Gasteiger partial charge is 0.387 e. The van der Waals surface area contributed by atoms with Crippen LogP contribution in [0.3, 0.4) is 0 Å². The number of halogens is 1. The Kier molecular flexibility index (Phi) is 3.47. The van der Waals surface area contributed by atoms with Gasteiger partial charge in [0, 0.05) is 18.5 Å². The first kappa shape index (κ1) is 11.8. The van der Waals surface area contributed by atoms with E-state index in [2.05, 4.69) is 10.3 Å². The number of H-pyrrole nitrogens is 1. The summed E-state index contributed by atoms with van der Waals surface area (Å²) in [6, 6.07) is 1.56. The van der Waals surface area contributed by atoms with Crippen molar-refractivity contribution in [2.45, 2.75) is 12.0 Å². The Morgan fingerprint density at radius 2 is 2.56 bits per heavy atom. The van der Waals surface area contributed by atoms with Gasteiger partial charge in [0.05, 0.1) is 10.6 Å². The van der Waals surface area contributed by atoms with Crippen LogP contribution < -0.4 is 5.32 Å². The zero-order valence-corrected chi connectivity index (χ0v) is 10.2. The zero-order valence-electron chi connectivity index (χ0n) is 8.62. The van der Waals surface area contributed by atoms with E-state index >= 15 is 0 Å². The van der Waals surface area contributed by atoms with Gasteiger partial charge in [0.25, 0.3) is 5.91 Å². The van der Waals surface area contributed by atoms with Crippen LogP contribution in [0.25, 0.3) is 0 Å². The van der Waals surface area contributed by atoms with Crippen molar-refractivity contribution in [3.05, 3.63) is 23.0 Å². The van der Waals surface area contributed by atoms with E-state index in [1.165, 1.54) is 0 Å². The molecule has 6 heteroatoms. The average Bonchev–Trinajstić information content (AvgIpc) is 2.85. The Morgan fingerprint density at radius 1 is 1.75 bits per heavy atom. The fourth-order valence-electron chi connectivity index (χ4n) is 1.57. The summed E-state index contributed by atoms with van der Waals surface area (Å²) in [5, 5.41) is 13.2. The molecule has 88 valence electrons. The molecule has 0 spiro atoms. The molecule has 1 amide bonds. The number of aromatic nitrogens is 1. The number of amides is 1. The molecule has 1 aromatic heterocycles. The molecule has 0 radical (unpaired) electrons. The summed E-state index contributed by atoms with van der Waals surface area (Å²) in [7, 11) is 0. The summed E-state index contributed by atoms with van der Waals surface area (Å²) < 4.78 is 0. The maximum atomic E-state index is 11.6. The number of rotatable bonds is 3. The molecule has 0 saturated carbocycles. The fourth-order valence-corrected chi connectivity index (χ4v) is 3.03. The molecule has 1 fully saturated rings. The van der Waals surface area contributed by atoms with Crippen LogP contribution in [0.15, 0.2) is 12.3 Å². The van der Waals surface area contributed by atoms with Gasteiger partial charge < -0.3 is 15.4 Å². The quantitative estimate of drug-likeness (QED) is 0.767. The van der Waals surface area contributed by atoms with Gasteiger partial charge in [0.15, 0.2) is 0 Å². The van der Waals surface area contributed by atoms with E-state index in [1.807, 2.05) is 0 Å². The van der Waals surface area contributed by atoms with Crippen molar-refractivity contribution in [2.75, 3.05) is 18.1 Å². The van der Waals surface area contributed by atoms with E-state index in [0.29, 0.717) is 16.5 Å². The molecular weight excluding hydrogens is 248 g/mol. The van der Waals surface area contributed by atoms with Crippen LogP contribution >= 0.6 is 23.4 Å². The van der Waals surface area contributed by atoms with Gasteiger partial charge in [0.1, 0.15) is 5.69 Å². The second-order valence-corrected chi connectivity index (χ2v) is 5.48. The third kappa shape index (κ3) is 2.72.